The summed E-state index contributed by atoms with van der Waals surface area (Å²) < 4.78 is 0. The van der Waals surface area contributed by atoms with Crippen molar-refractivity contribution in [1.82, 2.24) is 10.2 Å². The largest absolute Gasteiger partial charge is 0.348 e. The molecule has 1 atom stereocenters. The number of likely N-dealkylation sites (tertiary alicyclic amines) is 1. The van der Waals surface area contributed by atoms with Crippen LogP contribution in [0.15, 0.2) is 54.6 Å². The number of carbonyl (C=O) groups is 2. The highest BCUT2D eigenvalue weighted by Gasteiger charge is 2.25. The van der Waals surface area contributed by atoms with Gasteiger partial charge in [-0.15, -0.1) is 0 Å². The number of hydrogen-bond donors (Lipinski definition) is 1. The third-order valence-corrected chi connectivity index (χ3v) is 5.05. The molecule has 2 amide bonds. The Kier molecular flexibility index (Phi) is 6.05. The van der Waals surface area contributed by atoms with Crippen molar-refractivity contribution in [3.05, 3.63) is 71.3 Å². The summed E-state index contributed by atoms with van der Waals surface area (Å²) in [6.07, 6.45) is 4.41. The number of carbonyl (C=O) groups excluding carboxylic acids is 2. The minimum atomic E-state index is -0.0927. The van der Waals surface area contributed by atoms with Gasteiger partial charge in [0.2, 0.25) is 0 Å². The monoisotopic (exact) mass is 350 g/mol. The first-order valence-electron chi connectivity index (χ1n) is 9.42. The van der Waals surface area contributed by atoms with Gasteiger partial charge in [-0.2, -0.15) is 0 Å². The SMILES string of the molecule is CCC1CCCCN1C(=O)c1ccc(CNC(=O)c2ccccc2)cc1. The van der Waals surface area contributed by atoms with E-state index in [1.54, 1.807) is 12.1 Å². The van der Waals surface area contributed by atoms with Crippen molar-refractivity contribution in [2.45, 2.75) is 45.2 Å². The van der Waals surface area contributed by atoms with Crippen LogP contribution in [0.3, 0.4) is 0 Å². The summed E-state index contributed by atoms with van der Waals surface area (Å²) in [4.78, 5) is 26.9. The summed E-state index contributed by atoms with van der Waals surface area (Å²) in [5, 5.41) is 2.91. The smallest absolute Gasteiger partial charge is 0.254 e. The number of amides is 2. The maximum absolute atomic E-state index is 12.8. The van der Waals surface area contributed by atoms with E-state index in [4.69, 9.17) is 0 Å². The summed E-state index contributed by atoms with van der Waals surface area (Å²) >= 11 is 0. The molecule has 2 aromatic carbocycles. The molecule has 1 unspecified atom stereocenters. The van der Waals surface area contributed by atoms with Gasteiger partial charge in [0.1, 0.15) is 0 Å². The van der Waals surface area contributed by atoms with Crippen LogP contribution in [0.4, 0.5) is 0 Å². The van der Waals surface area contributed by atoms with Crippen LogP contribution in [-0.2, 0) is 6.54 Å². The molecule has 0 aromatic heterocycles. The molecule has 1 heterocycles. The van der Waals surface area contributed by atoms with Crippen molar-refractivity contribution in [3.8, 4) is 0 Å². The van der Waals surface area contributed by atoms with Crippen LogP contribution in [0.2, 0.25) is 0 Å². The summed E-state index contributed by atoms with van der Waals surface area (Å²) in [7, 11) is 0. The van der Waals surface area contributed by atoms with Crippen molar-refractivity contribution < 1.29 is 9.59 Å². The van der Waals surface area contributed by atoms with E-state index in [9.17, 15) is 9.59 Å². The van der Waals surface area contributed by atoms with Gasteiger partial charge in [0.15, 0.2) is 0 Å². The van der Waals surface area contributed by atoms with Gasteiger partial charge < -0.3 is 10.2 Å². The lowest BCUT2D eigenvalue weighted by Gasteiger charge is -2.35. The van der Waals surface area contributed by atoms with Crippen LogP contribution in [0, 0.1) is 0 Å². The average molecular weight is 350 g/mol. The van der Waals surface area contributed by atoms with Crippen LogP contribution < -0.4 is 5.32 Å². The van der Waals surface area contributed by atoms with Gasteiger partial charge in [-0.25, -0.2) is 0 Å². The molecular weight excluding hydrogens is 324 g/mol. The van der Waals surface area contributed by atoms with Gasteiger partial charge >= 0.3 is 0 Å². The Morgan fingerprint density at radius 2 is 1.73 bits per heavy atom. The van der Waals surface area contributed by atoms with Crippen molar-refractivity contribution in [2.75, 3.05) is 6.54 Å². The van der Waals surface area contributed by atoms with Crippen LogP contribution >= 0.6 is 0 Å². The first kappa shape index (κ1) is 18.2. The molecule has 1 saturated heterocycles. The van der Waals surface area contributed by atoms with E-state index in [1.807, 2.05) is 47.4 Å². The predicted octanol–water partition coefficient (Wildman–Crippen LogP) is 4.02. The molecule has 1 N–H and O–H groups in total. The first-order valence-corrected chi connectivity index (χ1v) is 9.42. The van der Waals surface area contributed by atoms with E-state index >= 15 is 0 Å². The highest BCUT2D eigenvalue weighted by atomic mass is 16.2. The van der Waals surface area contributed by atoms with E-state index in [-0.39, 0.29) is 11.8 Å². The van der Waals surface area contributed by atoms with Crippen molar-refractivity contribution >= 4 is 11.8 Å². The minimum absolute atomic E-state index is 0.0927. The predicted molar refractivity (Wildman–Crippen MR) is 103 cm³/mol. The Morgan fingerprint density at radius 1 is 1.00 bits per heavy atom. The maximum atomic E-state index is 12.8. The standard InChI is InChI=1S/C22H26N2O2/c1-2-20-10-6-7-15-24(20)22(26)19-13-11-17(12-14-19)16-23-21(25)18-8-4-3-5-9-18/h3-5,8-9,11-14,20H,2,6-7,10,15-16H2,1H3,(H,23,25). The van der Waals surface area contributed by atoms with Gasteiger partial charge in [-0.1, -0.05) is 37.3 Å². The van der Waals surface area contributed by atoms with Gasteiger partial charge in [0.25, 0.3) is 11.8 Å². The molecule has 4 nitrogen and oxygen atoms in total. The van der Waals surface area contributed by atoms with E-state index in [2.05, 4.69) is 12.2 Å². The molecule has 3 rings (SSSR count). The molecular formula is C22H26N2O2. The van der Waals surface area contributed by atoms with Gasteiger partial charge in [-0.05, 0) is 55.5 Å². The molecule has 1 aliphatic heterocycles. The Labute approximate surface area is 155 Å². The van der Waals surface area contributed by atoms with Crippen molar-refractivity contribution in [1.29, 1.82) is 0 Å². The topological polar surface area (TPSA) is 49.4 Å². The number of piperidine rings is 1. The molecule has 1 aliphatic rings. The van der Waals surface area contributed by atoms with Gasteiger partial charge in [0.05, 0.1) is 0 Å². The molecule has 0 saturated carbocycles. The number of rotatable bonds is 5. The second-order valence-corrected chi connectivity index (χ2v) is 6.80. The maximum Gasteiger partial charge on any atom is 0.254 e. The lowest BCUT2D eigenvalue weighted by Crippen LogP contribution is -2.43. The second-order valence-electron chi connectivity index (χ2n) is 6.80. The van der Waals surface area contributed by atoms with Crippen LogP contribution in [-0.4, -0.2) is 29.3 Å². The third kappa shape index (κ3) is 4.31. The highest BCUT2D eigenvalue weighted by Crippen LogP contribution is 2.22. The Bertz CT molecular complexity index is 740. The number of nitrogens with zero attached hydrogens (tertiary/aromatic N) is 1. The van der Waals surface area contributed by atoms with E-state index in [0.29, 0.717) is 18.2 Å². The third-order valence-electron chi connectivity index (χ3n) is 5.05. The van der Waals surface area contributed by atoms with E-state index < -0.39 is 0 Å². The van der Waals surface area contributed by atoms with E-state index in [1.165, 1.54) is 6.42 Å². The Balaban J connectivity index is 1.59. The molecule has 4 heteroatoms. The van der Waals surface area contributed by atoms with Crippen LogP contribution in [0.25, 0.3) is 0 Å². The lowest BCUT2D eigenvalue weighted by atomic mass is 9.98. The molecule has 0 radical (unpaired) electrons. The zero-order valence-electron chi connectivity index (χ0n) is 15.3. The molecule has 2 aromatic rings. The summed E-state index contributed by atoms with van der Waals surface area (Å²) in [5.41, 5.74) is 2.36. The molecule has 0 aliphatic carbocycles. The second kappa shape index (κ2) is 8.65. The van der Waals surface area contributed by atoms with Crippen LogP contribution in [0.1, 0.15) is 58.9 Å². The fourth-order valence-corrected chi connectivity index (χ4v) is 3.50. The molecule has 0 bridgehead atoms. The first-order chi connectivity index (χ1) is 12.7. The Hall–Kier alpha value is -2.62. The number of benzene rings is 2. The minimum Gasteiger partial charge on any atom is -0.348 e. The van der Waals surface area contributed by atoms with Gasteiger partial charge in [-0.3, -0.25) is 9.59 Å². The molecule has 26 heavy (non-hydrogen) atoms. The number of nitrogens with one attached hydrogen (secondary N) is 1. The zero-order valence-corrected chi connectivity index (χ0v) is 15.3. The summed E-state index contributed by atoms with van der Waals surface area (Å²) in [6, 6.07) is 17.1. The summed E-state index contributed by atoms with van der Waals surface area (Å²) in [6.45, 7) is 3.45. The van der Waals surface area contributed by atoms with Crippen molar-refractivity contribution in [2.24, 2.45) is 0 Å². The number of hydrogen-bond acceptors (Lipinski definition) is 2. The zero-order chi connectivity index (χ0) is 18.4. The average Bonchev–Trinajstić information content (AvgIpc) is 2.72. The lowest BCUT2D eigenvalue weighted by molar-refractivity contribution is 0.0608. The normalized spacial score (nSPS) is 17.0. The summed E-state index contributed by atoms with van der Waals surface area (Å²) in [5.74, 6) is 0.0290. The van der Waals surface area contributed by atoms with Crippen LogP contribution in [0.5, 0.6) is 0 Å². The van der Waals surface area contributed by atoms with E-state index in [0.717, 1.165) is 36.9 Å². The fourth-order valence-electron chi connectivity index (χ4n) is 3.50. The quantitative estimate of drug-likeness (QED) is 0.885. The molecule has 1 fully saturated rings. The van der Waals surface area contributed by atoms with Gasteiger partial charge in [0, 0.05) is 30.3 Å². The highest BCUT2D eigenvalue weighted by molar-refractivity contribution is 5.95. The molecule has 136 valence electrons. The Morgan fingerprint density at radius 3 is 2.42 bits per heavy atom. The van der Waals surface area contributed by atoms with Crippen molar-refractivity contribution in [3.63, 3.8) is 0 Å². The fraction of sp³-hybridized carbons (Fsp3) is 0.364. The molecule has 0 spiro atoms.